The molecule has 0 N–H and O–H groups in total. The van der Waals surface area contributed by atoms with Crippen LogP contribution >= 0.6 is 23.2 Å². The van der Waals surface area contributed by atoms with E-state index in [1.165, 1.54) is 18.2 Å². The number of imide groups is 1. The van der Waals surface area contributed by atoms with Crippen molar-refractivity contribution in [2.24, 2.45) is 0 Å². The molecule has 7 heteroatoms. The summed E-state index contributed by atoms with van der Waals surface area (Å²) in [5, 5.41) is 0.519. The molecule has 1 aliphatic rings. The first-order valence-electron chi connectivity index (χ1n) is 6.56. The molecule has 0 fully saturated rings. The number of carbonyl (C=O) groups is 3. The second-order valence-corrected chi connectivity index (χ2v) is 5.59. The van der Waals surface area contributed by atoms with E-state index < -0.39 is 24.5 Å². The quantitative estimate of drug-likeness (QED) is 0.629. The van der Waals surface area contributed by atoms with Crippen LogP contribution in [0.2, 0.25) is 10.0 Å². The van der Waals surface area contributed by atoms with Crippen LogP contribution in [0.1, 0.15) is 31.1 Å². The lowest BCUT2D eigenvalue weighted by Gasteiger charge is -2.14. The van der Waals surface area contributed by atoms with Crippen LogP contribution in [0.3, 0.4) is 0 Å². The molecular formula is C16H9Cl2NO4. The molecule has 116 valence electrons. The van der Waals surface area contributed by atoms with Gasteiger partial charge in [-0.2, -0.15) is 0 Å². The van der Waals surface area contributed by atoms with Crippen molar-refractivity contribution in [1.82, 2.24) is 4.90 Å². The number of hydrogen-bond donors (Lipinski definition) is 0. The van der Waals surface area contributed by atoms with E-state index in [4.69, 9.17) is 27.9 Å². The second kappa shape index (κ2) is 6.02. The van der Waals surface area contributed by atoms with Crippen LogP contribution in [0.25, 0.3) is 0 Å². The number of ether oxygens (including phenoxy) is 1. The van der Waals surface area contributed by atoms with E-state index in [-0.39, 0.29) is 10.6 Å². The van der Waals surface area contributed by atoms with Crippen LogP contribution < -0.4 is 0 Å². The van der Waals surface area contributed by atoms with Crippen LogP contribution in [-0.4, -0.2) is 29.4 Å². The van der Waals surface area contributed by atoms with E-state index in [2.05, 4.69) is 0 Å². The topological polar surface area (TPSA) is 63.7 Å². The highest BCUT2D eigenvalue weighted by Gasteiger charge is 2.35. The summed E-state index contributed by atoms with van der Waals surface area (Å²) in [5.41, 5.74) is 0.766. The molecule has 0 atom stereocenters. The summed E-state index contributed by atoms with van der Waals surface area (Å²) in [4.78, 5) is 37.1. The lowest BCUT2D eigenvalue weighted by atomic mass is 10.1. The molecule has 1 aliphatic heterocycles. The number of rotatable bonds is 3. The molecule has 2 aromatic rings. The van der Waals surface area contributed by atoms with Gasteiger partial charge in [0.25, 0.3) is 11.8 Å². The van der Waals surface area contributed by atoms with Crippen molar-refractivity contribution in [3.63, 3.8) is 0 Å². The van der Waals surface area contributed by atoms with Crippen LogP contribution in [0.4, 0.5) is 0 Å². The predicted molar refractivity (Wildman–Crippen MR) is 83.7 cm³/mol. The number of hydrogen-bond acceptors (Lipinski definition) is 4. The summed E-state index contributed by atoms with van der Waals surface area (Å²) in [6.07, 6.45) is 0. The van der Waals surface area contributed by atoms with Crippen LogP contribution in [-0.2, 0) is 4.74 Å². The molecule has 0 saturated carbocycles. The van der Waals surface area contributed by atoms with E-state index in [0.717, 1.165) is 4.90 Å². The molecule has 23 heavy (non-hydrogen) atoms. The number of halogens is 2. The molecule has 0 unspecified atom stereocenters. The van der Waals surface area contributed by atoms with Gasteiger partial charge in [-0.05, 0) is 30.3 Å². The molecule has 0 aromatic heterocycles. The van der Waals surface area contributed by atoms with Gasteiger partial charge in [-0.15, -0.1) is 0 Å². The molecule has 0 bridgehead atoms. The minimum Gasteiger partial charge on any atom is -0.440 e. The largest absolute Gasteiger partial charge is 0.440 e. The Bertz CT molecular complexity index is 800. The zero-order valence-corrected chi connectivity index (χ0v) is 13.1. The summed E-state index contributed by atoms with van der Waals surface area (Å²) < 4.78 is 5.02. The lowest BCUT2D eigenvalue weighted by molar-refractivity contribution is 0.0228. The Balaban J connectivity index is 1.72. The molecule has 0 aliphatic carbocycles. The maximum absolute atomic E-state index is 12.1. The summed E-state index contributed by atoms with van der Waals surface area (Å²) in [7, 11) is 0. The van der Waals surface area contributed by atoms with E-state index >= 15 is 0 Å². The zero-order chi connectivity index (χ0) is 16.6. The van der Waals surface area contributed by atoms with Gasteiger partial charge in [-0.3, -0.25) is 9.59 Å². The first kappa shape index (κ1) is 15.5. The minimum atomic E-state index is -0.708. The van der Waals surface area contributed by atoms with Gasteiger partial charge in [-0.1, -0.05) is 35.3 Å². The van der Waals surface area contributed by atoms with Crippen molar-refractivity contribution in [2.45, 2.75) is 0 Å². The smallest absolute Gasteiger partial charge is 0.339 e. The number of amides is 2. The van der Waals surface area contributed by atoms with Gasteiger partial charge in [0.15, 0.2) is 6.73 Å². The average molecular weight is 350 g/mol. The van der Waals surface area contributed by atoms with Crippen molar-refractivity contribution in [1.29, 1.82) is 0 Å². The van der Waals surface area contributed by atoms with Gasteiger partial charge in [0, 0.05) is 0 Å². The SMILES string of the molecule is O=C(OCN1C(=O)c2ccccc2C1=O)c1ccc(Cl)c(Cl)c1. The summed E-state index contributed by atoms with van der Waals surface area (Å²) in [6.45, 7) is -0.467. The summed E-state index contributed by atoms with van der Waals surface area (Å²) in [5.74, 6) is -1.69. The summed E-state index contributed by atoms with van der Waals surface area (Å²) >= 11 is 11.6. The predicted octanol–water partition coefficient (Wildman–Crippen LogP) is 3.40. The van der Waals surface area contributed by atoms with Crippen molar-refractivity contribution in [3.05, 3.63) is 69.2 Å². The minimum absolute atomic E-state index is 0.177. The van der Waals surface area contributed by atoms with Gasteiger partial charge in [0.1, 0.15) is 0 Å². The Labute approximate surface area is 141 Å². The van der Waals surface area contributed by atoms with Crippen molar-refractivity contribution < 1.29 is 19.1 Å². The first-order valence-corrected chi connectivity index (χ1v) is 7.32. The molecule has 1 heterocycles. The maximum atomic E-state index is 12.1. The Morgan fingerprint density at radius 3 is 2.13 bits per heavy atom. The summed E-state index contributed by atoms with van der Waals surface area (Å²) in [6, 6.07) is 10.7. The molecule has 3 rings (SSSR count). The normalized spacial score (nSPS) is 13.2. The molecule has 2 aromatic carbocycles. The number of fused-ring (bicyclic) bond motifs is 1. The fraction of sp³-hybridized carbons (Fsp3) is 0.0625. The highest BCUT2D eigenvalue weighted by molar-refractivity contribution is 6.42. The lowest BCUT2D eigenvalue weighted by Crippen LogP contribution is -2.33. The first-order chi connectivity index (χ1) is 11.0. The van der Waals surface area contributed by atoms with Crippen molar-refractivity contribution in [2.75, 3.05) is 6.73 Å². The van der Waals surface area contributed by atoms with E-state index in [9.17, 15) is 14.4 Å². The maximum Gasteiger partial charge on any atom is 0.339 e. The molecule has 0 radical (unpaired) electrons. The van der Waals surface area contributed by atoms with Crippen molar-refractivity contribution in [3.8, 4) is 0 Å². The monoisotopic (exact) mass is 349 g/mol. The number of nitrogens with zero attached hydrogens (tertiary/aromatic N) is 1. The second-order valence-electron chi connectivity index (χ2n) is 4.77. The molecular weight excluding hydrogens is 341 g/mol. The Kier molecular flexibility index (Phi) is 4.07. The highest BCUT2D eigenvalue weighted by atomic mass is 35.5. The number of benzene rings is 2. The molecule has 0 spiro atoms. The molecule has 2 amide bonds. The van der Waals surface area contributed by atoms with Gasteiger partial charge >= 0.3 is 5.97 Å². The standard InChI is InChI=1S/C16H9Cl2NO4/c17-12-6-5-9(7-13(12)18)16(22)23-8-19-14(20)10-3-1-2-4-11(10)15(19)21/h1-7H,8H2. The van der Waals surface area contributed by atoms with Gasteiger partial charge in [0.05, 0.1) is 26.7 Å². The van der Waals surface area contributed by atoms with Crippen molar-refractivity contribution >= 4 is 41.0 Å². The van der Waals surface area contributed by atoms with Crippen LogP contribution in [0.5, 0.6) is 0 Å². The fourth-order valence-corrected chi connectivity index (χ4v) is 2.48. The Hall–Kier alpha value is -2.37. The van der Waals surface area contributed by atoms with E-state index in [1.807, 2.05) is 0 Å². The number of esters is 1. The Morgan fingerprint density at radius 1 is 0.957 bits per heavy atom. The average Bonchev–Trinajstić information content (AvgIpc) is 2.80. The van der Waals surface area contributed by atoms with Gasteiger partial charge in [-0.25, -0.2) is 9.69 Å². The molecule has 5 nitrogen and oxygen atoms in total. The molecule has 0 saturated heterocycles. The fourth-order valence-electron chi connectivity index (χ4n) is 2.19. The third-order valence-electron chi connectivity index (χ3n) is 3.36. The number of carbonyl (C=O) groups excluding carboxylic acids is 3. The zero-order valence-electron chi connectivity index (χ0n) is 11.6. The van der Waals surface area contributed by atoms with E-state index in [0.29, 0.717) is 16.1 Å². The van der Waals surface area contributed by atoms with Crippen LogP contribution in [0.15, 0.2) is 42.5 Å². The highest BCUT2D eigenvalue weighted by Crippen LogP contribution is 2.24. The third kappa shape index (κ3) is 2.81. The van der Waals surface area contributed by atoms with Gasteiger partial charge in [0.2, 0.25) is 0 Å². The van der Waals surface area contributed by atoms with Gasteiger partial charge < -0.3 is 4.74 Å². The van der Waals surface area contributed by atoms with E-state index in [1.54, 1.807) is 24.3 Å². The third-order valence-corrected chi connectivity index (χ3v) is 4.10. The Morgan fingerprint density at radius 2 is 1.57 bits per heavy atom. The van der Waals surface area contributed by atoms with Crippen LogP contribution in [0, 0.1) is 0 Å².